The molecule has 2 atom stereocenters. The molecule has 1 saturated heterocycles. The molecule has 1 N–H and O–H groups in total. The van der Waals surface area contributed by atoms with Crippen LogP contribution in [0.1, 0.15) is 31.3 Å². The van der Waals surface area contributed by atoms with Gasteiger partial charge in [-0.1, -0.05) is 6.92 Å². The van der Waals surface area contributed by atoms with Crippen molar-refractivity contribution in [2.45, 2.75) is 32.4 Å². The summed E-state index contributed by atoms with van der Waals surface area (Å²) in [7, 11) is 0. The minimum atomic E-state index is 0.458. The van der Waals surface area contributed by atoms with Gasteiger partial charge in [0.25, 0.3) is 0 Å². The third kappa shape index (κ3) is 2.38. The molecule has 2 rings (SSSR count). The van der Waals surface area contributed by atoms with Crippen LogP contribution in [0.3, 0.4) is 0 Å². The van der Waals surface area contributed by atoms with Crippen LogP contribution in [0.2, 0.25) is 0 Å². The molecule has 0 radical (unpaired) electrons. The summed E-state index contributed by atoms with van der Waals surface area (Å²) in [4.78, 5) is 6.97. The van der Waals surface area contributed by atoms with E-state index >= 15 is 0 Å². The second-order valence-corrected chi connectivity index (χ2v) is 4.95. The van der Waals surface area contributed by atoms with Crippen molar-refractivity contribution in [2.24, 2.45) is 0 Å². The quantitative estimate of drug-likeness (QED) is 0.848. The first-order valence-corrected chi connectivity index (χ1v) is 6.56. The molecule has 1 aliphatic rings. The number of hydrogen-bond acceptors (Lipinski definition) is 4. The lowest BCUT2D eigenvalue weighted by Gasteiger charge is -2.31. The van der Waals surface area contributed by atoms with Gasteiger partial charge in [-0.2, -0.15) is 0 Å². The van der Waals surface area contributed by atoms with Crippen molar-refractivity contribution in [1.82, 2.24) is 15.2 Å². The Labute approximate surface area is 95.5 Å². The van der Waals surface area contributed by atoms with Gasteiger partial charge in [-0.3, -0.25) is 4.90 Å². The molecule has 0 amide bonds. The zero-order valence-corrected chi connectivity index (χ0v) is 10.3. The van der Waals surface area contributed by atoms with Crippen LogP contribution in [0.5, 0.6) is 0 Å². The maximum atomic E-state index is 4.41. The van der Waals surface area contributed by atoms with Gasteiger partial charge in [0.2, 0.25) is 0 Å². The fourth-order valence-electron chi connectivity index (χ4n) is 2.35. The maximum absolute atomic E-state index is 4.41. The Morgan fingerprint density at radius 3 is 3.13 bits per heavy atom. The van der Waals surface area contributed by atoms with Crippen molar-refractivity contribution in [1.29, 1.82) is 0 Å². The Hall–Kier alpha value is -0.450. The van der Waals surface area contributed by atoms with Crippen molar-refractivity contribution in [3.05, 3.63) is 16.6 Å². The number of nitrogens with zero attached hydrogens (tertiary/aromatic N) is 2. The summed E-state index contributed by atoms with van der Waals surface area (Å²) >= 11 is 1.76. The smallest absolute Gasteiger partial charge is 0.109 e. The molecule has 0 aromatic carbocycles. The average Bonchev–Trinajstić information content (AvgIpc) is 2.91. The highest BCUT2D eigenvalue weighted by molar-refractivity contribution is 7.09. The lowest BCUT2D eigenvalue weighted by atomic mass is 10.1. The zero-order chi connectivity index (χ0) is 10.7. The third-order valence-corrected chi connectivity index (χ3v) is 4.12. The largest absolute Gasteiger partial charge is 0.315 e. The molecule has 1 aliphatic heterocycles. The number of likely N-dealkylation sites (N-methyl/N-ethyl adjacent to an activating group) is 1. The van der Waals surface area contributed by atoms with Crippen molar-refractivity contribution >= 4 is 11.3 Å². The summed E-state index contributed by atoms with van der Waals surface area (Å²) in [5.41, 5.74) is 0. The van der Waals surface area contributed by atoms with Crippen LogP contribution in [0.4, 0.5) is 0 Å². The molecule has 4 heteroatoms. The Bertz CT molecular complexity index is 280. The van der Waals surface area contributed by atoms with Crippen LogP contribution in [0.25, 0.3) is 0 Å². The fraction of sp³-hybridized carbons (Fsp3) is 0.727. The summed E-state index contributed by atoms with van der Waals surface area (Å²) < 4.78 is 0. The van der Waals surface area contributed by atoms with E-state index in [0.29, 0.717) is 12.1 Å². The molecule has 0 aliphatic carbocycles. The van der Waals surface area contributed by atoms with Gasteiger partial charge in [0.15, 0.2) is 0 Å². The first kappa shape index (κ1) is 11.0. The van der Waals surface area contributed by atoms with Gasteiger partial charge in [-0.15, -0.1) is 11.3 Å². The van der Waals surface area contributed by atoms with Crippen LogP contribution in [-0.4, -0.2) is 35.6 Å². The minimum Gasteiger partial charge on any atom is -0.315 e. The van der Waals surface area contributed by atoms with Gasteiger partial charge >= 0.3 is 0 Å². The molecule has 1 aromatic rings. The summed E-state index contributed by atoms with van der Waals surface area (Å²) in [5, 5.41) is 6.73. The molecule has 0 spiro atoms. The van der Waals surface area contributed by atoms with Gasteiger partial charge in [0, 0.05) is 24.2 Å². The molecule has 0 saturated carbocycles. The van der Waals surface area contributed by atoms with Crippen molar-refractivity contribution in [3.63, 3.8) is 0 Å². The van der Waals surface area contributed by atoms with E-state index < -0.39 is 0 Å². The normalized spacial score (nSPS) is 23.5. The number of nitrogens with one attached hydrogen (secondary N) is 1. The molecule has 3 nitrogen and oxygen atoms in total. The lowest BCUT2D eigenvalue weighted by Crippen LogP contribution is -2.38. The average molecular weight is 225 g/mol. The second-order valence-electron chi connectivity index (χ2n) is 4.02. The van der Waals surface area contributed by atoms with E-state index in [1.54, 1.807) is 11.3 Å². The molecule has 0 bridgehead atoms. The molecule has 2 heterocycles. The monoisotopic (exact) mass is 225 g/mol. The molecule has 2 unspecified atom stereocenters. The highest BCUT2D eigenvalue weighted by Crippen LogP contribution is 2.25. The Balaban J connectivity index is 2.05. The topological polar surface area (TPSA) is 28.2 Å². The van der Waals surface area contributed by atoms with E-state index in [9.17, 15) is 0 Å². The predicted molar refractivity (Wildman–Crippen MR) is 64.2 cm³/mol. The predicted octanol–water partition coefficient (Wildman–Crippen LogP) is 1.89. The second kappa shape index (κ2) is 5.05. The number of rotatable bonds is 4. The SMILES string of the molecule is CCN(C1CCNC1)C(C)c1nccs1. The van der Waals surface area contributed by atoms with Crippen molar-refractivity contribution < 1.29 is 0 Å². The first-order valence-electron chi connectivity index (χ1n) is 5.68. The molecule has 1 fully saturated rings. The highest BCUT2D eigenvalue weighted by atomic mass is 32.1. The van der Waals surface area contributed by atoms with Gasteiger partial charge in [-0.25, -0.2) is 4.98 Å². The molecular weight excluding hydrogens is 206 g/mol. The number of aromatic nitrogens is 1. The Kier molecular flexibility index (Phi) is 3.72. The Morgan fingerprint density at radius 1 is 1.73 bits per heavy atom. The van der Waals surface area contributed by atoms with Crippen LogP contribution < -0.4 is 5.32 Å². The van der Waals surface area contributed by atoms with E-state index in [-0.39, 0.29) is 0 Å². The van der Waals surface area contributed by atoms with Crippen molar-refractivity contribution in [3.8, 4) is 0 Å². The van der Waals surface area contributed by atoms with E-state index in [0.717, 1.165) is 19.6 Å². The minimum absolute atomic E-state index is 0.458. The van der Waals surface area contributed by atoms with Gasteiger partial charge in [0.1, 0.15) is 5.01 Å². The Morgan fingerprint density at radius 2 is 2.60 bits per heavy atom. The molecular formula is C11H19N3S. The summed E-state index contributed by atoms with van der Waals surface area (Å²) in [6.07, 6.45) is 3.17. The van der Waals surface area contributed by atoms with Crippen LogP contribution >= 0.6 is 11.3 Å². The van der Waals surface area contributed by atoms with Crippen LogP contribution in [0, 0.1) is 0 Å². The van der Waals surface area contributed by atoms with Crippen LogP contribution in [0.15, 0.2) is 11.6 Å². The molecule has 84 valence electrons. The standard InChI is InChI=1S/C11H19N3S/c1-3-14(10-4-5-12-8-10)9(2)11-13-6-7-15-11/h6-7,9-10,12H,3-5,8H2,1-2H3. The van der Waals surface area contributed by atoms with Gasteiger partial charge in [0.05, 0.1) is 6.04 Å². The third-order valence-electron chi connectivity index (χ3n) is 3.17. The maximum Gasteiger partial charge on any atom is 0.109 e. The van der Waals surface area contributed by atoms with E-state index in [1.165, 1.54) is 11.4 Å². The van der Waals surface area contributed by atoms with E-state index in [1.807, 2.05) is 6.20 Å². The fourth-order valence-corrected chi connectivity index (χ4v) is 3.07. The van der Waals surface area contributed by atoms with Crippen molar-refractivity contribution in [2.75, 3.05) is 19.6 Å². The zero-order valence-electron chi connectivity index (χ0n) is 9.44. The van der Waals surface area contributed by atoms with Crippen LogP contribution in [-0.2, 0) is 0 Å². The first-order chi connectivity index (χ1) is 7.33. The molecule has 1 aromatic heterocycles. The van der Waals surface area contributed by atoms with E-state index in [4.69, 9.17) is 0 Å². The van der Waals surface area contributed by atoms with Gasteiger partial charge < -0.3 is 5.32 Å². The van der Waals surface area contributed by atoms with E-state index in [2.05, 4.69) is 34.4 Å². The summed E-state index contributed by atoms with van der Waals surface area (Å²) in [5.74, 6) is 0. The number of hydrogen-bond donors (Lipinski definition) is 1. The highest BCUT2D eigenvalue weighted by Gasteiger charge is 2.26. The summed E-state index contributed by atoms with van der Waals surface area (Å²) in [6, 6.07) is 1.15. The number of thiazole rings is 1. The molecule has 15 heavy (non-hydrogen) atoms. The summed E-state index contributed by atoms with van der Waals surface area (Å²) in [6.45, 7) is 7.89. The van der Waals surface area contributed by atoms with Gasteiger partial charge in [-0.05, 0) is 26.4 Å². The lowest BCUT2D eigenvalue weighted by molar-refractivity contribution is 0.162.